The molecule has 178 valence electrons. The van der Waals surface area contributed by atoms with Crippen molar-refractivity contribution >= 4 is 23.5 Å². The van der Waals surface area contributed by atoms with Gasteiger partial charge >= 0.3 is 0 Å². The standard InChI is InChI=1S/C27H25N3O4S/c1-32-24-13-8-18(14-25(24)33-2)15-26(31)28-27-22-16-35-17-23(22)29-30(27)19-9-11-21(12-10-19)34-20-6-4-3-5-7-20/h3-14H,15-17H2,1-2H3,(H,28,31). The molecule has 0 fully saturated rings. The molecule has 0 unspecified atom stereocenters. The lowest BCUT2D eigenvalue weighted by Gasteiger charge is -2.13. The number of aromatic nitrogens is 2. The van der Waals surface area contributed by atoms with Crippen molar-refractivity contribution in [3.8, 4) is 28.7 Å². The number of thioether (sulfide) groups is 1. The molecule has 0 spiro atoms. The van der Waals surface area contributed by atoms with E-state index >= 15 is 0 Å². The lowest BCUT2D eigenvalue weighted by molar-refractivity contribution is -0.115. The summed E-state index contributed by atoms with van der Waals surface area (Å²) in [6.07, 6.45) is 0.206. The predicted octanol–water partition coefficient (Wildman–Crippen LogP) is 5.61. The summed E-state index contributed by atoms with van der Waals surface area (Å²) in [4.78, 5) is 13.0. The molecule has 3 aromatic carbocycles. The van der Waals surface area contributed by atoms with Crippen LogP contribution in [0, 0.1) is 0 Å². The third kappa shape index (κ3) is 4.97. The van der Waals surface area contributed by atoms with Crippen LogP contribution in [0.4, 0.5) is 5.82 Å². The van der Waals surface area contributed by atoms with Crippen LogP contribution in [0.25, 0.3) is 5.69 Å². The van der Waals surface area contributed by atoms with E-state index in [4.69, 9.17) is 19.3 Å². The van der Waals surface area contributed by atoms with Crippen LogP contribution < -0.4 is 19.5 Å². The van der Waals surface area contributed by atoms with Crippen LogP contribution in [-0.2, 0) is 22.7 Å². The average Bonchev–Trinajstić information content (AvgIpc) is 3.48. The third-order valence-electron chi connectivity index (χ3n) is 5.68. The van der Waals surface area contributed by atoms with E-state index in [0.29, 0.717) is 17.3 Å². The van der Waals surface area contributed by atoms with E-state index in [1.807, 2.05) is 71.4 Å². The van der Waals surface area contributed by atoms with E-state index < -0.39 is 0 Å². The summed E-state index contributed by atoms with van der Waals surface area (Å²) >= 11 is 1.79. The van der Waals surface area contributed by atoms with Crippen LogP contribution in [0.2, 0.25) is 0 Å². The molecule has 8 heteroatoms. The Morgan fingerprint density at radius 1 is 0.943 bits per heavy atom. The van der Waals surface area contributed by atoms with Gasteiger partial charge in [0.1, 0.15) is 17.3 Å². The molecule has 0 radical (unpaired) electrons. The number of rotatable bonds is 8. The van der Waals surface area contributed by atoms with Crippen molar-refractivity contribution < 1.29 is 19.0 Å². The number of hydrogen-bond acceptors (Lipinski definition) is 6. The third-order valence-corrected chi connectivity index (χ3v) is 6.65. The van der Waals surface area contributed by atoms with Gasteiger partial charge in [0, 0.05) is 17.1 Å². The highest BCUT2D eigenvalue weighted by molar-refractivity contribution is 7.98. The monoisotopic (exact) mass is 487 g/mol. The van der Waals surface area contributed by atoms with Crippen molar-refractivity contribution in [3.63, 3.8) is 0 Å². The molecule has 1 N–H and O–H groups in total. The van der Waals surface area contributed by atoms with Gasteiger partial charge < -0.3 is 19.5 Å². The zero-order chi connectivity index (χ0) is 24.2. The first-order valence-electron chi connectivity index (χ1n) is 11.2. The number of nitrogens with zero attached hydrogens (tertiary/aromatic N) is 2. The van der Waals surface area contributed by atoms with Crippen molar-refractivity contribution in [2.45, 2.75) is 17.9 Å². The number of methoxy groups -OCH3 is 2. The molecule has 0 aliphatic carbocycles. The number of carbonyl (C=O) groups excluding carboxylic acids is 1. The summed E-state index contributed by atoms with van der Waals surface area (Å²) < 4.78 is 18.4. The van der Waals surface area contributed by atoms with E-state index in [1.54, 1.807) is 32.0 Å². The van der Waals surface area contributed by atoms with Crippen LogP contribution in [-0.4, -0.2) is 29.9 Å². The Morgan fingerprint density at radius 3 is 2.43 bits per heavy atom. The zero-order valence-electron chi connectivity index (χ0n) is 19.5. The Morgan fingerprint density at radius 2 is 1.69 bits per heavy atom. The van der Waals surface area contributed by atoms with Crippen molar-refractivity contribution in [2.75, 3.05) is 19.5 Å². The van der Waals surface area contributed by atoms with Gasteiger partial charge in [0.2, 0.25) is 5.91 Å². The second-order valence-corrected chi connectivity index (χ2v) is 8.99. The molecule has 1 amide bonds. The number of fused-ring (bicyclic) bond motifs is 1. The summed E-state index contributed by atoms with van der Waals surface area (Å²) in [5.74, 6) is 4.97. The molecule has 5 rings (SSSR count). The topological polar surface area (TPSA) is 74.6 Å². The minimum absolute atomic E-state index is 0.123. The minimum atomic E-state index is -0.123. The van der Waals surface area contributed by atoms with Gasteiger partial charge in [-0.05, 0) is 54.1 Å². The number of anilines is 1. The van der Waals surface area contributed by atoms with E-state index in [9.17, 15) is 4.79 Å². The van der Waals surface area contributed by atoms with E-state index in [2.05, 4.69) is 5.32 Å². The maximum atomic E-state index is 13.0. The lowest BCUT2D eigenvalue weighted by Crippen LogP contribution is -2.18. The Kier molecular flexibility index (Phi) is 6.63. The quantitative estimate of drug-likeness (QED) is 0.348. The van der Waals surface area contributed by atoms with Gasteiger partial charge in [0.15, 0.2) is 11.5 Å². The number of ether oxygens (including phenoxy) is 3. The van der Waals surface area contributed by atoms with Crippen molar-refractivity contribution in [1.29, 1.82) is 0 Å². The van der Waals surface area contributed by atoms with Crippen LogP contribution in [0.15, 0.2) is 72.8 Å². The van der Waals surface area contributed by atoms with Crippen LogP contribution >= 0.6 is 11.8 Å². The molecule has 0 saturated carbocycles. The molecular weight excluding hydrogens is 462 g/mol. The largest absolute Gasteiger partial charge is 0.493 e. The molecule has 1 aliphatic heterocycles. The van der Waals surface area contributed by atoms with Gasteiger partial charge in [-0.25, -0.2) is 4.68 Å². The first kappa shape index (κ1) is 22.9. The fourth-order valence-corrected chi connectivity index (χ4v) is 5.00. The van der Waals surface area contributed by atoms with Crippen LogP contribution in [0.5, 0.6) is 23.0 Å². The molecule has 1 aliphatic rings. The van der Waals surface area contributed by atoms with Gasteiger partial charge in [0.25, 0.3) is 0 Å². The SMILES string of the molecule is COc1ccc(CC(=O)Nc2c3c(nn2-c2ccc(Oc4ccccc4)cc2)CSC3)cc1OC. The van der Waals surface area contributed by atoms with E-state index in [1.165, 1.54) is 0 Å². The van der Waals surface area contributed by atoms with Crippen molar-refractivity contribution in [3.05, 3.63) is 89.6 Å². The smallest absolute Gasteiger partial charge is 0.229 e. The normalized spacial score (nSPS) is 12.2. The number of nitrogens with one attached hydrogen (secondary N) is 1. The molecule has 0 saturated heterocycles. The first-order chi connectivity index (χ1) is 17.1. The molecular formula is C27H25N3O4S. The van der Waals surface area contributed by atoms with Crippen molar-refractivity contribution in [2.24, 2.45) is 0 Å². The highest BCUT2D eigenvalue weighted by atomic mass is 32.2. The van der Waals surface area contributed by atoms with Gasteiger partial charge in [-0.3, -0.25) is 4.79 Å². The van der Waals surface area contributed by atoms with E-state index in [-0.39, 0.29) is 12.3 Å². The summed E-state index contributed by atoms with van der Waals surface area (Å²) in [6.45, 7) is 0. The fourth-order valence-electron chi connectivity index (χ4n) is 3.96. The van der Waals surface area contributed by atoms with Gasteiger partial charge in [0.05, 0.1) is 32.0 Å². The summed E-state index contributed by atoms with van der Waals surface area (Å²) in [5, 5.41) is 7.89. The number of benzene rings is 3. The highest BCUT2D eigenvalue weighted by Crippen LogP contribution is 2.36. The predicted molar refractivity (Wildman–Crippen MR) is 137 cm³/mol. The molecule has 35 heavy (non-hydrogen) atoms. The Balaban J connectivity index is 1.36. The Labute approximate surface area is 208 Å². The number of amides is 1. The Hall–Kier alpha value is -3.91. The molecule has 0 bridgehead atoms. The maximum absolute atomic E-state index is 13.0. The minimum Gasteiger partial charge on any atom is -0.493 e. The van der Waals surface area contributed by atoms with Gasteiger partial charge in [-0.1, -0.05) is 24.3 Å². The Bertz CT molecular complexity index is 1340. The van der Waals surface area contributed by atoms with Crippen LogP contribution in [0.3, 0.4) is 0 Å². The zero-order valence-corrected chi connectivity index (χ0v) is 20.3. The second kappa shape index (κ2) is 10.1. The fraction of sp³-hybridized carbons (Fsp3) is 0.185. The molecule has 2 heterocycles. The number of para-hydroxylation sites is 1. The molecule has 4 aromatic rings. The van der Waals surface area contributed by atoms with Gasteiger partial charge in [-0.2, -0.15) is 16.9 Å². The van der Waals surface area contributed by atoms with E-state index in [0.717, 1.165) is 45.5 Å². The summed E-state index contributed by atoms with van der Waals surface area (Å²) in [7, 11) is 3.17. The van der Waals surface area contributed by atoms with Crippen molar-refractivity contribution in [1.82, 2.24) is 9.78 Å². The molecule has 0 atom stereocenters. The summed E-state index contributed by atoms with van der Waals surface area (Å²) in [5.41, 5.74) is 3.76. The number of hydrogen-bond donors (Lipinski definition) is 1. The second-order valence-electron chi connectivity index (χ2n) is 8.00. The highest BCUT2D eigenvalue weighted by Gasteiger charge is 2.25. The van der Waals surface area contributed by atoms with Gasteiger partial charge in [-0.15, -0.1) is 0 Å². The number of carbonyl (C=O) groups is 1. The summed E-state index contributed by atoms with van der Waals surface area (Å²) in [6, 6.07) is 22.8. The molecule has 7 nitrogen and oxygen atoms in total. The first-order valence-corrected chi connectivity index (χ1v) is 12.3. The average molecular weight is 488 g/mol. The molecule has 1 aromatic heterocycles. The lowest BCUT2D eigenvalue weighted by atomic mass is 10.1. The maximum Gasteiger partial charge on any atom is 0.229 e. The van der Waals surface area contributed by atoms with Crippen LogP contribution in [0.1, 0.15) is 16.8 Å².